The van der Waals surface area contributed by atoms with E-state index in [0.717, 1.165) is 0 Å². The fourth-order valence-corrected chi connectivity index (χ4v) is 1.99. The maximum Gasteiger partial charge on any atom is 0.257 e. The summed E-state index contributed by atoms with van der Waals surface area (Å²) >= 11 is 0. The van der Waals surface area contributed by atoms with E-state index in [1.54, 1.807) is 11.8 Å². The van der Waals surface area contributed by atoms with Gasteiger partial charge in [-0.25, -0.2) is 0 Å². The molecule has 20 heavy (non-hydrogen) atoms. The lowest BCUT2D eigenvalue weighted by Crippen LogP contribution is -2.50. The highest BCUT2D eigenvalue weighted by Gasteiger charge is 2.24. The maximum atomic E-state index is 12.1. The van der Waals surface area contributed by atoms with Crippen LogP contribution in [0, 0.1) is 0 Å². The van der Waals surface area contributed by atoms with Crippen molar-refractivity contribution in [3.63, 3.8) is 0 Å². The normalized spacial score (nSPS) is 16.6. The van der Waals surface area contributed by atoms with Crippen LogP contribution in [-0.4, -0.2) is 54.0 Å². The molecule has 1 aromatic rings. The third-order valence-electron chi connectivity index (χ3n) is 3.11. The highest BCUT2D eigenvalue weighted by atomic mass is 16.5. The Morgan fingerprint density at radius 2 is 2.10 bits per heavy atom. The van der Waals surface area contributed by atoms with Gasteiger partial charge in [-0.1, -0.05) is 0 Å². The summed E-state index contributed by atoms with van der Waals surface area (Å²) in [5.41, 5.74) is -0.388. The van der Waals surface area contributed by atoms with Crippen LogP contribution in [-0.2, 0) is 9.53 Å². The molecular formula is C13H17N3O4. The van der Waals surface area contributed by atoms with Gasteiger partial charge in [-0.05, 0) is 6.92 Å². The Morgan fingerprint density at radius 3 is 2.75 bits per heavy atom. The number of carbonyl (C=O) groups is 2. The van der Waals surface area contributed by atoms with Crippen LogP contribution < -0.4 is 10.7 Å². The van der Waals surface area contributed by atoms with E-state index in [4.69, 9.17) is 4.74 Å². The fraction of sp³-hybridized carbons (Fsp3) is 0.462. The minimum atomic E-state index is -0.680. The van der Waals surface area contributed by atoms with Gasteiger partial charge in [-0.3, -0.25) is 14.4 Å². The number of hydrogen-bond acceptors (Lipinski definition) is 4. The molecular weight excluding hydrogens is 262 g/mol. The lowest BCUT2D eigenvalue weighted by Gasteiger charge is -2.29. The predicted molar refractivity (Wildman–Crippen MR) is 71.4 cm³/mol. The van der Waals surface area contributed by atoms with Crippen LogP contribution in [0.15, 0.2) is 23.3 Å². The van der Waals surface area contributed by atoms with Gasteiger partial charge in [0.25, 0.3) is 5.91 Å². The number of morpholine rings is 1. The Labute approximate surface area is 115 Å². The third-order valence-corrected chi connectivity index (χ3v) is 3.11. The molecule has 1 aromatic heterocycles. The first-order valence-electron chi connectivity index (χ1n) is 6.44. The quantitative estimate of drug-likeness (QED) is 0.769. The molecule has 1 aliphatic rings. The maximum absolute atomic E-state index is 12.1. The summed E-state index contributed by atoms with van der Waals surface area (Å²) in [6.45, 7) is 3.65. The molecule has 0 aliphatic carbocycles. The molecule has 2 N–H and O–H groups in total. The molecule has 0 aromatic carbocycles. The van der Waals surface area contributed by atoms with Gasteiger partial charge in [0, 0.05) is 31.5 Å². The van der Waals surface area contributed by atoms with E-state index in [0.29, 0.717) is 26.3 Å². The van der Waals surface area contributed by atoms with Crippen molar-refractivity contribution in [3.05, 3.63) is 34.2 Å². The number of aromatic amines is 1. The van der Waals surface area contributed by atoms with Crippen LogP contribution in [0.3, 0.4) is 0 Å². The first kappa shape index (κ1) is 14.3. The second-order valence-electron chi connectivity index (χ2n) is 4.56. The van der Waals surface area contributed by atoms with E-state index in [1.807, 2.05) is 0 Å². The van der Waals surface area contributed by atoms with E-state index >= 15 is 0 Å². The SMILES string of the molecule is CC(NC(=O)c1c[nH]ccc1=O)C(=O)N1CCOCC1. The molecule has 7 nitrogen and oxygen atoms in total. The first-order chi connectivity index (χ1) is 9.59. The number of rotatable bonds is 3. The average molecular weight is 279 g/mol. The molecule has 1 aliphatic heterocycles. The van der Waals surface area contributed by atoms with E-state index in [-0.39, 0.29) is 16.9 Å². The summed E-state index contributed by atoms with van der Waals surface area (Å²) in [4.78, 5) is 39.9. The van der Waals surface area contributed by atoms with E-state index < -0.39 is 11.9 Å². The lowest BCUT2D eigenvalue weighted by molar-refractivity contribution is -0.136. The van der Waals surface area contributed by atoms with Gasteiger partial charge in [-0.2, -0.15) is 0 Å². The number of ether oxygens (including phenoxy) is 1. The van der Waals surface area contributed by atoms with Crippen LogP contribution in [0.1, 0.15) is 17.3 Å². The molecule has 1 unspecified atom stereocenters. The van der Waals surface area contributed by atoms with E-state index in [2.05, 4.69) is 10.3 Å². The largest absolute Gasteiger partial charge is 0.378 e. The second kappa shape index (κ2) is 6.33. The third kappa shape index (κ3) is 3.24. The molecule has 0 radical (unpaired) electrons. The molecule has 2 heterocycles. The zero-order valence-corrected chi connectivity index (χ0v) is 11.2. The van der Waals surface area contributed by atoms with Crippen molar-refractivity contribution in [1.82, 2.24) is 15.2 Å². The smallest absolute Gasteiger partial charge is 0.257 e. The van der Waals surface area contributed by atoms with Crippen molar-refractivity contribution in [1.29, 1.82) is 0 Å². The minimum Gasteiger partial charge on any atom is -0.378 e. The van der Waals surface area contributed by atoms with Crippen molar-refractivity contribution in [2.75, 3.05) is 26.3 Å². The van der Waals surface area contributed by atoms with Crippen LogP contribution >= 0.6 is 0 Å². The Bertz CT molecular complexity index is 549. The average Bonchev–Trinajstić information content (AvgIpc) is 2.47. The van der Waals surface area contributed by atoms with Crippen molar-refractivity contribution < 1.29 is 14.3 Å². The first-order valence-corrected chi connectivity index (χ1v) is 6.44. The zero-order chi connectivity index (χ0) is 14.5. The van der Waals surface area contributed by atoms with Crippen LogP contribution in [0.5, 0.6) is 0 Å². The molecule has 1 saturated heterocycles. The number of nitrogens with one attached hydrogen (secondary N) is 2. The summed E-state index contributed by atoms with van der Waals surface area (Å²) in [7, 11) is 0. The Balaban J connectivity index is 1.98. The molecule has 1 atom stereocenters. The van der Waals surface area contributed by atoms with Gasteiger partial charge in [0.05, 0.1) is 13.2 Å². The van der Waals surface area contributed by atoms with E-state index in [9.17, 15) is 14.4 Å². The zero-order valence-electron chi connectivity index (χ0n) is 11.2. The van der Waals surface area contributed by atoms with Crippen LogP contribution in [0.2, 0.25) is 0 Å². The Hall–Kier alpha value is -2.15. The van der Waals surface area contributed by atoms with Crippen molar-refractivity contribution >= 4 is 11.8 Å². The number of pyridine rings is 1. The molecule has 0 spiro atoms. The summed E-state index contributed by atoms with van der Waals surface area (Å²) in [6, 6.07) is 0.587. The van der Waals surface area contributed by atoms with Crippen molar-refractivity contribution in [3.8, 4) is 0 Å². The van der Waals surface area contributed by atoms with Gasteiger partial charge in [0.2, 0.25) is 5.91 Å². The topological polar surface area (TPSA) is 91.5 Å². The van der Waals surface area contributed by atoms with Crippen LogP contribution in [0.25, 0.3) is 0 Å². The Morgan fingerprint density at radius 1 is 1.40 bits per heavy atom. The number of H-pyrrole nitrogens is 1. The molecule has 1 fully saturated rings. The van der Waals surface area contributed by atoms with Gasteiger partial charge < -0.3 is 19.9 Å². The highest BCUT2D eigenvalue weighted by molar-refractivity contribution is 5.97. The minimum absolute atomic E-state index is 0.00544. The second-order valence-corrected chi connectivity index (χ2v) is 4.56. The summed E-state index contributed by atoms with van der Waals surface area (Å²) in [5, 5.41) is 2.54. The van der Waals surface area contributed by atoms with Crippen molar-refractivity contribution in [2.45, 2.75) is 13.0 Å². The predicted octanol–water partition coefficient (Wildman–Crippen LogP) is -0.648. The van der Waals surface area contributed by atoms with Gasteiger partial charge in [0.15, 0.2) is 5.43 Å². The number of amides is 2. The number of nitrogens with zero attached hydrogens (tertiary/aromatic N) is 1. The highest BCUT2D eigenvalue weighted by Crippen LogP contribution is 2.01. The van der Waals surface area contributed by atoms with Gasteiger partial charge in [0.1, 0.15) is 11.6 Å². The molecule has 0 bridgehead atoms. The monoisotopic (exact) mass is 279 g/mol. The van der Waals surface area contributed by atoms with Gasteiger partial charge in [-0.15, -0.1) is 0 Å². The molecule has 108 valence electrons. The molecule has 2 amide bonds. The number of hydrogen-bond donors (Lipinski definition) is 2. The fourth-order valence-electron chi connectivity index (χ4n) is 1.99. The van der Waals surface area contributed by atoms with Crippen LogP contribution in [0.4, 0.5) is 0 Å². The Kier molecular flexibility index (Phi) is 4.52. The molecule has 7 heteroatoms. The standard InChI is InChI=1S/C13H17N3O4/c1-9(13(19)16-4-6-20-7-5-16)15-12(18)10-8-14-3-2-11(10)17/h2-3,8-9H,4-7H2,1H3,(H,14,17)(H,15,18). The molecule has 2 rings (SSSR count). The van der Waals surface area contributed by atoms with Gasteiger partial charge >= 0.3 is 0 Å². The lowest BCUT2D eigenvalue weighted by atomic mass is 10.2. The van der Waals surface area contributed by atoms with Crippen molar-refractivity contribution in [2.24, 2.45) is 0 Å². The number of carbonyl (C=O) groups excluding carboxylic acids is 2. The van der Waals surface area contributed by atoms with E-state index in [1.165, 1.54) is 18.5 Å². The summed E-state index contributed by atoms with van der Waals surface area (Å²) < 4.78 is 5.17. The number of aromatic nitrogens is 1. The summed E-state index contributed by atoms with van der Waals surface area (Å²) in [5.74, 6) is -0.727. The molecule has 0 saturated carbocycles. The summed E-state index contributed by atoms with van der Waals surface area (Å²) in [6.07, 6.45) is 2.77.